The van der Waals surface area contributed by atoms with Crippen molar-refractivity contribution < 1.29 is 13.2 Å². The number of urea groups is 1. The monoisotopic (exact) mass is 357 g/mol. The molecule has 0 radical (unpaired) electrons. The molecule has 2 aliphatic rings. The number of hydrogen-bond acceptors (Lipinski definition) is 4. The first-order valence-electron chi connectivity index (χ1n) is 8.01. The van der Waals surface area contributed by atoms with Crippen LogP contribution in [-0.2, 0) is 10.0 Å². The third-order valence-electron chi connectivity index (χ3n) is 4.64. The molecule has 1 aromatic heterocycles. The van der Waals surface area contributed by atoms with Gasteiger partial charge in [-0.3, -0.25) is 0 Å². The van der Waals surface area contributed by atoms with E-state index >= 15 is 0 Å². The molecule has 1 aromatic rings. The molecule has 1 atom stereocenters. The Morgan fingerprint density at radius 2 is 2.00 bits per heavy atom. The Kier molecular flexibility index (Phi) is 4.93. The van der Waals surface area contributed by atoms with E-state index < -0.39 is 10.0 Å². The van der Waals surface area contributed by atoms with Gasteiger partial charge in [0, 0.05) is 30.6 Å². The number of carbonyl (C=O) groups is 1. The molecule has 6 nitrogen and oxygen atoms in total. The third kappa shape index (κ3) is 3.87. The lowest BCUT2D eigenvalue weighted by molar-refractivity contribution is 0.183. The van der Waals surface area contributed by atoms with Crippen molar-refractivity contribution in [3.63, 3.8) is 0 Å². The van der Waals surface area contributed by atoms with Crippen molar-refractivity contribution in [2.24, 2.45) is 0 Å². The van der Waals surface area contributed by atoms with Crippen LogP contribution in [0.25, 0.3) is 0 Å². The molecule has 0 saturated carbocycles. The summed E-state index contributed by atoms with van der Waals surface area (Å²) in [5, 5.41) is 5.14. The fourth-order valence-electron chi connectivity index (χ4n) is 3.38. The van der Waals surface area contributed by atoms with Crippen LogP contribution in [0.2, 0.25) is 0 Å². The minimum atomic E-state index is -3.12. The molecule has 2 amide bonds. The van der Waals surface area contributed by atoms with Gasteiger partial charge >= 0.3 is 6.03 Å². The molecule has 0 bridgehead atoms. The van der Waals surface area contributed by atoms with E-state index in [2.05, 4.69) is 11.4 Å². The summed E-state index contributed by atoms with van der Waals surface area (Å²) in [6.45, 7) is 1.76. The standard InChI is InChI=1S/C15H23N3O3S2/c1-23(20,21)17-9-6-12(7-10-17)16-15(19)18-8-2-4-13(18)14-5-3-11-22-14/h3,5,11-13H,2,4,6-10H2,1H3,(H,16,19). The number of hydrogen-bond donors (Lipinski definition) is 1. The lowest BCUT2D eigenvalue weighted by atomic mass is 10.1. The Morgan fingerprint density at radius 3 is 2.61 bits per heavy atom. The zero-order valence-corrected chi connectivity index (χ0v) is 14.9. The van der Waals surface area contributed by atoms with Gasteiger partial charge in [-0.15, -0.1) is 11.3 Å². The first-order chi connectivity index (χ1) is 10.9. The zero-order chi connectivity index (χ0) is 16.4. The quantitative estimate of drug-likeness (QED) is 0.900. The van der Waals surface area contributed by atoms with E-state index in [1.165, 1.54) is 15.4 Å². The van der Waals surface area contributed by atoms with E-state index in [0.717, 1.165) is 19.4 Å². The minimum Gasteiger partial charge on any atom is -0.335 e. The Bertz CT molecular complexity index is 637. The normalized spacial score (nSPS) is 24.0. The van der Waals surface area contributed by atoms with Crippen LogP contribution in [-0.4, -0.2) is 55.6 Å². The smallest absolute Gasteiger partial charge is 0.318 e. The van der Waals surface area contributed by atoms with Gasteiger partial charge in [0.25, 0.3) is 0 Å². The lowest BCUT2D eigenvalue weighted by Crippen LogP contribution is -2.49. The number of piperidine rings is 1. The summed E-state index contributed by atoms with van der Waals surface area (Å²) in [6, 6.07) is 4.34. The molecular weight excluding hydrogens is 334 g/mol. The van der Waals surface area contributed by atoms with Crippen molar-refractivity contribution in [1.29, 1.82) is 0 Å². The Balaban J connectivity index is 1.56. The number of nitrogens with one attached hydrogen (secondary N) is 1. The first kappa shape index (κ1) is 16.7. The molecule has 23 heavy (non-hydrogen) atoms. The highest BCUT2D eigenvalue weighted by Gasteiger charge is 2.32. The fraction of sp³-hybridized carbons (Fsp3) is 0.667. The van der Waals surface area contributed by atoms with Gasteiger partial charge in [0.2, 0.25) is 10.0 Å². The molecule has 0 aliphatic carbocycles. The number of likely N-dealkylation sites (tertiary alicyclic amines) is 1. The summed E-state index contributed by atoms with van der Waals surface area (Å²) in [7, 11) is -3.12. The summed E-state index contributed by atoms with van der Waals surface area (Å²) in [4.78, 5) is 15.8. The van der Waals surface area contributed by atoms with Crippen LogP contribution in [0.1, 0.15) is 36.6 Å². The highest BCUT2D eigenvalue weighted by Crippen LogP contribution is 2.34. The SMILES string of the molecule is CS(=O)(=O)N1CCC(NC(=O)N2CCCC2c2cccs2)CC1. The van der Waals surface area contributed by atoms with Gasteiger partial charge in [-0.25, -0.2) is 17.5 Å². The molecule has 0 aromatic carbocycles. The van der Waals surface area contributed by atoms with E-state index in [-0.39, 0.29) is 18.1 Å². The predicted molar refractivity (Wildman–Crippen MR) is 91.0 cm³/mol. The van der Waals surface area contributed by atoms with Crippen molar-refractivity contribution in [2.75, 3.05) is 25.9 Å². The molecule has 128 valence electrons. The first-order valence-corrected chi connectivity index (χ1v) is 10.7. The summed E-state index contributed by atoms with van der Waals surface area (Å²) in [5.74, 6) is 0. The molecule has 2 fully saturated rings. The highest BCUT2D eigenvalue weighted by molar-refractivity contribution is 7.88. The molecular formula is C15H23N3O3S2. The van der Waals surface area contributed by atoms with E-state index in [1.807, 2.05) is 16.3 Å². The molecule has 2 saturated heterocycles. The van der Waals surface area contributed by atoms with Crippen LogP contribution in [0.4, 0.5) is 4.79 Å². The predicted octanol–water partition coefficient (Wildman–Crippen LogP) is 2.02. The average molecular weight is 358 g/mol. The summed E-state index contributed by atoms with van der Waals surface area (Å²) >= 11 is 1.70. The van der Waals surface area contributed by atoms with Crippen molar-refractivity contribution in [3.8, 4) is 0 Å². The van der Waals surface area contributed by atoms with E-state index in [4.69, 9.17) is 0 Å². The van der Waals surface area contributed by atoms with Gasteiger partial charge in [-0.05, 0) is 37.1 Å². The number of rotatable bonds is 3. The van der Waals surface area contributed by atoms with Gasteiger partial charge in [0.05, 0.1) is 12.3 Å². The second-order valence-corrected chi connectivity index (χ2v) is 9.21. The molecule has 8 heteroatoms. The second-order valence-electron chi connectivity index (χ2n) is 6.25. The van der Waals surface area contributed by atoms with Gasteiger partial charge < -0.3 is 10.2 Å². The summed E-state index contributed by atoms with van der Waals surface area (Å²) in [5.41, 5.74) is 0. The van der Waals surface area contributed by atoms with Crippen molar-refractivity contribution in [1.82, 2.24) is 14.5 Å². The zero-order valence-electron chi connectivity index (χ0n) is 13.3. The lowest BCUT2D eigenvalue weighted by Gasteiger charge is -2.32. The molecule has 1 unspecified atom stereocenters. The molecule has 2 aliphatic heterocycles. The minimum absolute atomic E-state index is 0.0151. The maximum absolute atomic E-state index is 12.6. The van der Waals surface area contributed by atoms with E-state index in [0.29, 0.717) is 25.9 Å². The van der Waals surface area contributed by atoms with E-state index in [9.17, 15) is 13.2 Å². The van der Waals surface area contributed by atoms with Gasteiger partial charge in [-0.2, -0.15) is 0 Å². The maximum atomic E-state index is 12.6. The van der Waals surface area contributed by atoms with Crippen LogP contribution in [0.5, 0.6) is 0 Å². The van der Waals surface area contributed by atoms with Crippen molar-refractivity contribution in [2.45, 2.75) is 37.8 Å². The van der Waals surface area contributed by atoms with Crippen LogP contribution in [0.15, 0.2) is 17.5 Å². The number of amides is 2. The third-order valence-corrected chi connectivity index (χ3v) is 6.91. The Hall–Kier alpha value is -1.12. The van der Waals surface area contributed by atoms with Gasteiger partial charge in [0.15, 0.2) is 0 Å². The van der Waals surface area contributed by atoms with Gasteiger partial charge in [-0.1, -0.05) is 6.07 Å². The number of thiophene rings is 1. The second kappa shape index (κ2) is 6.78. The van der Waals surface area contributed by atoms with Gasteiger partial charge in [0.1, 0.15) is 0 Å². The summed E-state index contributed by atoms with van der Waals surface area (Å²) < 4.78 is 24.5. The number of nitrogens with zero attached hydrogens (tertiary/aromatic N) is 2. The van der Waals surface area contributed by atoms with Crippen molar-refractivity contribution in [3.05, 3.63) is 22.4 Å². The van der Waals surface area contributed by atoms with Crippen molar-refractivity contribution >= 4 is 27.4 Å². The fourth-order valence-corrected chi connectivity index (χ4v) is 5.12. The molecule has 0 spiro atoms. The molecule has 1 N–H and O–H groups in total. The van der Waals surface area contributed by atoms with Crippen LogP contribution in [0.3, 0.4) is 0 Å². The molecule has 3 rings (SSSR count). The maximum Gasteiger partial charge on any atom is 0.318 e. The van der Waals surface area contributed by atoms with Crippen LogP contribution in [0, 0.1) is 0 Å². The Labute approximate surface area is 141 Å². The van der Waals surface area contributed by atoms with Crippen LogP contribution >= 0.6 is 11.3 Å². The topological polar surface area (TPSA) is 69.7 Å². The molecule has 3 heterocycles. The van der Waals surface area contributed by atoms with E-state index in [1.54, 1.807) is 11.3 Å². The number of carbonyl (C=O) groups excluding carboxylic acids is 1. The average Bonchev–Trinajstić information content (AvgIpc) is 3.17. The largest absolute Gasteiger partial charge is 0.335 e. The number of sulfonamides is 1. The summed E-state index contributed by atoms with van der Waals surface area (Å²) in [6.07, 6.45) is 4.64. The Morgan fingerprint density at radius 1 is 1.26 bits per heavy atom. The van der Waals surface area contributed by atoms with Crippen LogP contribution < -0.4 is 5.32 Å². The highest BCUT2D eigenvalue weighted by atomic mass is 32.2.